The molecule has 0 saturated carbocycles. The molecule has 4 nitrogen and oxygen atoms in total. The minimum Gasteiger partial charge on any atom is -0.368 e. The zero-order valence-electron chi connectivity index (χ0n) is 11.2. The Kier molecular flexibility index (Phi) is 7.34. The normalized spacial score (nSPS) is 15.1. The molecule has 0 rings (SSSR count). The molecule has 0 aromatic carbocycles. The lowest BCUT2D eigenvalue weighted by Gasteiger charge is -2.27. The van der Waals surface area contributed by atoms with Crippen LogP contribution in [0.15, 0.2) is 0 Å². The highest BCUT2D eigenvalue weighted by Gasteiger charge is 2.28. The van der Waals surface area contributed by atoms with Crippen LogP contribution in [0.25, 0.3) is 0 Å². The number of rotatable bonds is 9. The summed E-state index contributed by atoms with van der Waals surface area (Å²) >= 11 is 0. The summed E-state index contributed by atoms with van der Waals surface area (Å²) in [6.07, 6.45) is 2.95. The second kappa shape index (κ2) is 7.63. The van der Waals surface area contributed by atoms with E-state index in [1.165, 1.54) is 0 Å². The van der Waals surface area contributed by atoms with Crippen molar-refractivity contribution in [2.24, 2.45) is 5.73 Å². The van der Waals surface area contributed by atoms with Crippen LogP contribution in [-0.2, 0) is 4.79 Å². The molecule has 0 saturated heterocycles. The van der Waals surface area contributed by atoms with Gasteiger partial charge in [-0.3, -0.25) is 4.79 Å². The lowest BCUT2D eigenvalue weighted by Crippen LogP contribution is -2.53. The first-order chi connectivity index (χ1) is 7.46. The second-order valence-corrected chi connectivity index (χ2v) is 4.58. The van der Waals surface area contributed by atoms with Gasteiger partial charge in [0.25, 0.3) is 0 Å². The van der Waals surface area contributed by atoms with Crippen molar-refractivity contribution in [2.75, 3.05) is 26.7 Å². The van der Waals surface area contributed by atoms with Crippen molar-refractivity contribution < 1.29 is 4.79 Å². The molecule has 0 aromatic heterocycles. The van der Waals surface area contributed by atoms with Gasteiger partial charge >= 0.3 is 0 Å². The summed E-state index contributed by atoms with van der Waals surface area (Å²) < 4.78 is 0. The van der Waals surface area contributed by atoms with Crippen molar-refractivity contribution >= 4 is 5.91 Å². The number of nitrogens with zero attached hydrogens (tertiary/aromatic N) is 1. The van der Waals surface area contributed by atoms with Crippen molar-refractivity contribution in [3.05, 3.63) is 0 Å². The molecule has 0 aliphatic heterocycles. The quantitative estimate of drug-likeness (QED) is 0.579. The van der Waals surface area contributed by atoms with Crippen LogP contribution in [0.1, 0.15) is 40.0 Å². The van der Waals surface area contributed by atoms with Crippen LogP contribution < -0.4 is 11.1 Å². The third kappa shape index (κ3) is 5.47. The summed E-state index contributed by atoms with van der Waals surface area (Å²) in [5, 5.41) is 3.17. The van der Waals surface area contributed by atoms with E-state index in [1.54, 1.807) is 0 Å². The molecular weight excluding hydrogens is 202 g/mol. The Hall–Kier alpha value is -0.610. The Morgan fingerprint density at radius 1 is 1.38 bits per heavy atom. The number of primary amides is 1. The van der Waals surface area contributed by atoms with Gasteiger partial charge in [0, 0.05) is 0 Å². The SMILES string of the molecule is CCNC(C)(CCCCN(C)CC)C(N)=O. The van der Waals surface area contributed by atoms with Crippen LogP contribution in [-0.4, -0.2) is 43.0 Å². The molecular formula is C12H27N3O. The van der Waals surface area contributed by atoms with Crippen LogP contribution in [0.3, 0.4) is 0 Å². The first kappa shape index (κ1) is 15.4. The summed E-state index contributed by atoms with van der Waals surface area (Å²) in [5.74, 6) is -0.252. The van der Waals surface area contributed by atoms with Gasteiger partial charge < -0.3 is 16.0 Å². The highest BCUT2D eigenvalue weighted by Crippen LogP contribution is 2.13. The van der Waals surface area contributed by atoms with Crippen molar-refractivity contribution in [3.63, 3.8) is 0 Å². The van der Waals surface area contributed by atoms with Crippen LogP contribution in [0.2, 0.25) is 0 Å². The lowest BCUT2D eigenvalue weighted by atomic mass is 9.94. The monoisotopic (exact) mass is 229 g/mol. The second-order valence-electron chi connectivity index (χ2n) is 4.58. The molecule has 0 radical (unpaired) electrons. The number of carbonyl (C=O) groups is 1. The smallest absolute Gasteiger partial charge is 0.237 e. The Bertz CT molecular complexity index is 208. The van der Waals surface area contributed by atoms with Crippen LogP contribution in [0, 0.1) is 0 Å². The van der Waals surface area contributed by atoms with Crippen LogP contribution in [0.5, 0.6) is 0 Å². The summed E-state index contributed by atoms with van der Waals surface area (Å²) in [6.45, 7) is 8.95. The first-order valence-electron chi connectivity index (χ1n) is 6.19. The number of unbranched alkanes of at least 4 members (excludes halogenated alkanes) is 1. The molecule has 1 unspecified atom stereocenters. The van der Waals surface area contributed by atoms with Gasteiger partial charge in [-0.25, -0.2) is 0 Å². The standard InChI is InChI=1S/C12H27N3O/c1-5-14-12(3,11(13)16)9-7-8-10-15(4)6-2/h14H,5-10H2,1-4H3,(H2,13,16). The van der Waals surface area contributed by atoms with Gasteiger partial charge in [0.05, 0.1) is 5.54 Å². The molecule has 0 spiro atoms. The Balaban J connectivity index is 3.90. The highest BCUT2D eigenvalue weighted by molar-refractivity contribution is 5.84. The fraction of sp³-hybridized carbons (Fsp3) is 0.917. The molecule has 1 atom stereocenters. The van der Waals surface area contributed by atoms with Gasteiger partial charge in [-0.1, -0.05) is 13.8 Å². The molecule has 0 bridgehead atoms. The van der Waals surface area contributed by atoms with Crippen molar-refractivity contribution in [2.45, 2.75) is 45.6 Å². The predicted molar refractivity (Wildman–Crippen MR) is 68.3 cm³/mol. The van der Waals surface area contributed by atoms with Crippen molar-refractivity contribution in [3.8, 4) is 0 Å². The Morgan fingerprint density at radius 3 is 2.44 bits per heavy atom. The highest BCUT2D eigenvalue weighted by atomic mass is 16.1. The Labute approximate surface area is 99.6 Å². The maximum absolute atomic E-state index is 11.3. The van der Waals surface area contributed by atoms with E-state index in [9.17, 15) is 4.79 Å². The molecule has 0 aromatic rings. The van der Waals surface area contributed by atoms with E-state index < -0.39 is 5.54 Å². The largest absolute Gasteiger partial charge is 0.368 e. The first-order valence-corrected chi connectivity index (χ1v) is 6.19. The molecule has 0 heterocycles. The number of likely N-dealkylation sites (N-methyl/N-ethyl adjacent to an activating group) is 1. The summed E-state index contributed by atoms with van der Waals surface area (Å²) in [7, 11) is 2.11. The third-order valence-electron chi connectivity index (χ3n) is 3.12. The van der Waals surface area contributed by atoms with Crippen molar-refractivity contribution in [1.29, 1.82) is 0 Å². The molecule has 96 valence electrons. The van der Waals surface area contributed by atoms with Gasteiger partial charge in [-0.05, 0) is 52.9 Å². The van der Waals surface area contributed by atoms with Crippen molar-refractivity contribution in [1.82, 2.24) is 10.2 Å². The van der Waals surface area contributed by atoms with Gasteiger partial charge in [-0.15, -0.1) is 0 Å². The third-order valence-corrected chi connectivity index (χ3v) is 3.12. The van der Waals surface area contributed by atoms with E-state index in [2.05, 4.69) is 24.2 Å². The lowest BCUT2D eigenvalue weighted by molar-refractivity contribution is -0.124. The number of amides is 1. The molecule has 0 aliphatic rings. The molecule has 1 amide bonds. The van der Waals surface area contributed by atoms with E-state index in [4.69, 9.17) is 5.73 Å². The summed E-state index contributed by atoms with van der Waals surface area (Å²) in [5.41, 5.74) is 4.87. The molecule has 16 heavy (non-hydrogen) atoms. The van der Waals surface area contributed by atoms with Gasteiger partial charge in [0.1, 0.15) is 0 Å². The van der Waals surface area contributed by atoms with E-state index in [0.29, 0.717) is 0 Å². The number of nitrogens with two attached hydrogens (primary N) is 1. The average Bonchev–Trinajstić information content (AvgIpc) is 2.24. The van der Waals surface area contributed by atoms with Gasteiger partial charge in [-0.2, -0.15) is 0 Å². The maximum atomic E-state index is 11.3. The van der Waals surface area contributed by atoms with E-state index in [-0.39, 0.29) is 5.91 Å². The predicted octanol–water partition coefficient (Wildman–Crippen LogP) is 0.962. The molecule has 0 aliphatic carbocycles. The number of hydrogen-bond donors (Lipinski definition) is 2. The number of nitrogens with one attached hydrogen (secondary N) is 1. The van der Waals surface area contributed by atoms with Crippen LogP contribution in [0.4, 0.5) is 0 Å². The number of hydrogen-bond acceptors (Lipinski definition) is 3. The summed E-state index contributed by atoms with van der Waals surface area (Å²) in [4.78, 5) is 13.6. The topological polar surface area (TPSA) is 58.4 Å². The van der Waals surface area contributed by atoms with E-state index in [1.807, 2.05) is 13.8 Å². The van der Waals surface area contributed by atoms with Gasteiger partial charge in [0.15, 0.2) is 0 Å². The Morgan fingerprint density at radius 2 is 2.00 bits per heavy atom. The molecule has 3 N–H and O–H groups in total. The summed E-state index contributed by atoms with van der Waals surface area (Å²) in [6, 6.07) is 0. The molecule has 0 fully saturated rings. The van der Waals surface area contributed by atoms with E-state index in [0.717, 1.165) is 38.9 Å². The average molecular weight is 229 g/mol. The van der Waals surface area contributed by atoms with Gasteiger partial charge in [0.2, 0.25) is 5.91 Å². The fourth-order valence-corrected chi connectivity index (χ4v) is 1.71. The zero-order valence-corrected chi connectivity index (χ0v) is 11.2. The fourth-order valence-electron chi connectivity index (χ4n) is 1.71. The number of carbonyl (C=O) groups excluding carboxylic acids is 1. The van der Waals surface area contributed by atoms with E-state index >= 15 is 0 Å². The zero-order chi connectivity index (χ0) is 12.6. The minimum atomic E-state index is -0.542. The van der Waals surface area contributed by atoms with Crippen LogP contribution >= 0.6 is 0 Å². The minimum absolute atomic E-state index is 0.252. The maximum Gasteiger partial charge on any atom is 0.237 e. The molecule has 4 heteroatoms.